The normalized spacial score (nSPS) is 23.0. The molecule has 2 unspecified atom stereocenters. The van der Waals surface area contributed by atoms with Crippen molar-refractivity contribution in [2.24, 2.45) is 0 Å². The molecule has 6 nitrogen and oxygen atoms in total. The van der Waals surface area contributed by atoms with Gasteiger partial charge in [0, 0.05) is 38.3 Å². The monoisotopic (exact) mass is 289 g/mol. The van der Waals surface area contributed by atoms with Gasteiger partial charge in [0.05, 0.1) is 0 Å². The highest BCUT2D eigenvalue weighted by Gasteiger charge is 2.30. The molecule has 1 aromatic heterocycles. The molecular formula is C12H20ClN3O3. The number of nitrogens with one attached hydrogen (secondary N) is 1. The van der Waals surface area contributed by atoms with Crippen molar-refractivity contribution >= 4 is 18.3 Å². The van der Waals surface area contributed by atoms with E-state index in [1.165, 1.54) is 0 Å². The molecule has 1 aliphatic heterocycles. The zero-order valence-corrected chi connectivity index (χ0v) is 12.2. The number of piperazine rings is 1. The van der Waals surface area contributed by atoms with Gasteiger partial charge in [-0.25, -0.2) is 0 Å². The van der Waals surface area contributed by atoms with E-state index in [1.807, 2.05) is 11.8 Å². The molecule has 1 aliphatic rings. The molecule has 1 amide bonds. The first-order chi connectivity index (χ1) is 8.63. The second-order valence-corrected chi connectivity index (χ2v) is 4.59. The Morgan fingerprint density at radius 1 is 1.63 bits per heavy atom. The molecule has 7 heteroatoms. The Bertz CT molecular complexity index is 424. The van der Waals surface area contributed by atoms with Crippen LogP contribution in [0.3, 0.4) is 0 Å². The average Bonchev–Trinajstić information content (AvgIpc) is 2.81. The third-order valence-electron chi connectivity index (χ3n) is 3.36. The van der Waals surface area contributed by atoms with Gasteiger partial charge in [0.1, 0.15) is 6.61 Å². The molecule has 1 fully saturated rings. The van der Waals surface area contributed by atoms with Crippen molar-refractivity contribution in [3.05, 3.63) is 17.5 Å². The molecule has 1 saturated heterocycles. The minimum Gasteiger partial charge on any atom is -0.377 e. The van der Waals surface area contributed by atoms with Crippen molar-refractivity contribution in [1.29, 1.82) is 0 Å². The van der Waals surface area contributed by atoms with Crippen LogP contribution in [-0.4, -0.2) is 48.2 Å². The number of ether oxygens (including phenoxy) is 1. The summed E-state index contributed by atoms with van der Waals surface area (Å²) in [6, 6.07) is 2.08. The third-order valence-corrected chi connectivity index (χ3v) is 3.36. The van der Waals surface area contributed by atoms with Crippen molar-refractivity contribution in [3.63, 3.8) is 0 Å². The first-order valence-electron chi connectivity index (χ1n) is 6.12. The van der Waals surface area contributed by atoms with Crippen LogP contribution in [0.1, 0.15) is 30.1 Å². The molecule has 0 bridgehead atoms. The number of rotatable bonds is 3. The lowest BCUT2D eigenvalue weighted by atomic mass is 10.1. The summed E-state index contributed by atoms with van der Waals surface area (Å²) in [7, 11) is 1.57. The molecule has 2 heterocycles. The fraction of sp³-hybridized carbons (Fsp3) is 0.667. The van der Waals surface area contributed by atoms with Gasteiger partial charge in [-0.3, -0.25) is 4.79 Å². The van der Waals surface area contributed by atoms with E-state index in [9.17, 15) is 4.79 Å². The van der Waals surface area contributed by atoms with Crippen LogP contribution in [0.4, 0.5) is 0 Å². The molecule has 2 atom stereocenters. The summed E-state index contributed by atoms with van der Waals surface area (Å²) in [5.74, 6) is 0.485. The number of carbonyl (C=O) groups excluding carboxylic acids is 1. The topological polar surface area (TPSA) is 67.6 Å². The van der Waals surface area contributed by atoms with Crippen LogP contribution in [-0.2, 0) is 11.3 Å². The Morgan fingerprint density at radius 2 is 2.37 bits per heavy atom. The quantitative estimate of drug-likeness (QED) is 0.901. The van der Waals surface area contributed by atoms with Crippen molar-refractivity contribution in [2.45, 2.75) is 32.5 Å². The van der Waals surface area contributed by atoms with Crippen LogP contribution in [0.5, 0.6) is 0 Å². The fourth-order valence-electron chi connectivity index (χ4n) is 2.11. The van der Waals surface area contributed by atoms with E-state index in [1.54, 1.807) is 13.2 Å². The predicted molar refractivity (Wildman–Crippen MR) is 72.4 cm³/mol. The van der Waals surface area contributed by atoms with E-state index in [0.717, 1.165) is 6.54 Å². The van der Waals surface area contributed by atoms with Gasteiger partial charge < -0.3 is 19.5 Å². The lowest BCUT2D eigenvalue weighted by Crippen LogP contribution is -2.57. The lowest BCUT2D eigenvalue weighted by molar-refractivity contribution is 0.0592. The van der Waals surface area contributed by atoms with Crippen molar-refractivity contribution in [1.82, 2.24) is 15.4 Å². The Morgan fingerprint density at radius 3 is 3.05 bits per heavy atom. The first-order valence-corrected chi connectivity index (χ1v) is 6.12. The fourth-order valence-corrected chi connectivity index (χ4v) is 2.11. The maximum atomic E-state index is 12.3. The summed E-state index contributed by atoms with van der Waals surface area (Å²) in [5, 5.41) is 7.14. The minimum atomic E-state index is -0.0815. The SMILES string of the molecule is COCc1cc(C(=O)N2CCNC(C)C2C)no1.Cl. The van der Waals surface area contributed by atoms with Crippen LogP contribution in [0.25, 0.3) is 0 Å². The van der Waals surface area contributed by atoms with Gasteiger partial charge in [0.15, 0.2) is 11.5 Å². The zero-order chi connectivity index (χ0) is 13.1. The number of hydrogen-bond donors (Lipinski definition) is 1. The number of amides is 1. The van der Waals surface area contributed by atoms with Crippen LogP contribution < -0.4 is 5.32 Å². The van der Waals surface area contributed by atoms with Gasteiger partial charge in [0.25, 0.3) is 5.91 Å². The number of carbonyl (C=O) groups is 1. The second-order valence-electron chi connectivity index (χ2n) is 4.59. The molecule has 0 spiro atoms. The van der Waals surface area contributed by atoms with Crippen LogP contribution >= 0.6 is 12.4 Å². The predicted octanol–water partition coefficient (Wildman–Crippen LogP) is 1.07. The summed E-state index contributed by atoms with van der Waals surface area (Å²) in [4.78, 5) is 14.1. The molecule has 0 radical (unpaired) electrons. The molecule has 1 N–H and O–H groups in total. The third kappa shape index (κ3) is 3.46. The maximum absolute atomic E-state index is 12.3. The Labute approximate surface area is 118 Å². The zero-order valence-electron chi connectivity index (χ0n) is 11.4. The first kappa shape index (κ1) is 15.9. The summed E-state index contributed by atoms with van der Waals surface area (Å²) in [5.41, 5.74) is 0.350. The van der Waals surface area contributed by atoms with Gasteiger partial charge in [0.2, 0.25) is 0 Å². The maximum Gasteiger partial charge on any atom is 0.276 e. The smallest absolute Gasteiger partial charge is 0.276 e. The van der Waals surface area contributed by atoms with Gasteiger partial charge >= 0.3 is 0 Å². The molecule has 0 aromatic carbocycles. The van der Waals surface area contributed by atoms with E-state index in [4.69, 9.17) is 9.26 Å². The molecule has 2 rings (SSSR count). The lowest BCUT2D eigenvalue weighted by Gasteiger charge is -2.38. The summed E-state index contributed by atoms with van der Waals surface area (Å²) >= 11 is 0. The van der Waals surface area contributed by atoms with Crippen LogP contribution in [0.2, 0.25) is 0 Å². The highest BCUT2D eigenvalue weighted by molar-refractivity contribution is 5.92. The Hall–Kier alpha value is -1.11. The van der Waals surface area contributed by atoms with Crippen LogP contribution in [0, 0.1) is 0 Å². The number of aromatic nitrogens is 1. The standard InChI is InChI=1S/C12H19N3O3.ClH/c1-8-9(2)15(5-4-13-8)12(16)11-6-10(7-17-3)18-14-11;/h6,8-9,13H,4-5,7H2,1-3H3;1H. The van der Waals surface area contributed by atoms with Gasteiger partial charge in [-0.1, -0.05) is 5.16 Å². The largest absolute Gasteiger partial charge is 0.377 e. The molecule has 1 aromatic rings. The van der Waals surface area contributed by atoms with E-state index in [2.05, 4.69) is 17.4 Å². The Balaban J connectivity index is 0.00000180. The summed E-state index contributed by atoms with van der Waals surface area (Å²) in [6.45, 7) is 5.93. The van der Waals surface area contributed by atoms with Gasteiger partial charge in [-0.2, -0.15) is 0 Å². The average molecular weight is 290 g/mol. The molecule has 0 saturated carbocycles. The van der Waals surface area contributed by atoms with Crippen molar-refractivity contribution < 1.29 is 14.1 Å². The number of nitrogens with zero attached hydrogens (tertiary/aromatic N) is 2. The second kappa shape index (κ2) is 6.88. The minimum absolute atomic E-state index is 0. The molecule has 19 heavy (non-hydrogen) atoms. The highest BCUT2D eigenvalue weighted by atomic mass is 35.5. The number of hydrogen-bond acceptors (Lipinski definition) is 5. The van der Waals surface area contributed by atoms with Crippen molar-refractivity contribution in [2.75, 3.05) is 20.2 Å². The molecule has 0 aliphatic carbocycles. The Kier molecular flexibility index (Phi) is 5.78. The summed E-state index contributed by atoms with van der Waals surface area (Å²) in [6.07, 6.45) is 0. The van der Waals surface area contributed by atoms with E-state index in [0.29, 0.717) is 24.6 Å². The number of methoxy groups -OCH3 is 1. The number of halogens is 1. The van der Waals surface area contributed by atoms with Gasteiger partial charge in [-0.15, -0.1) is 12.4 Å². The van der Waals surface area contributed by atoms with Crippen molar-refractivity contribution in [3.8, 4) is 0 Å². The van der Waals surface area contributed by atoms with Crippen LogP contribution in [0.15, 0.2) is 10.6 Å². The van der Waals surface area contributed by atoms with E-state index >= 15 is 0 Å². The molecular weight excluding hydrogens is 270 g/mol. The highest BCUT2D eigenvalue weighted by Crippen LogP contribution is 2.14. The molecule has 108 valence electrons. The summed E-state index contributed by atoms with van der Waals surface area (Å²) < 4.78 is 9.98. The van der Waals surface area contributed by atoms with E-state index in [-0.39, 0.29) is 30.4 Å². The van der Waals surface area contributed by atoms with Gasteiger partial charge in [-0.05, 0) is 13.8 Å². The van der Waals surface area contributed by atoms with E-state index < -0.39 is 0 Å².